The van der Waals surface area contributed by atoms with Gasteiger partial charge in [0.25, 0.3) is 0 Å². The van der Waals surface area contributed by atoms with Crippen molar-refractivity contribution in [2.24, 2.45) is 16.5 Å². The molecule has 0 spiro atoms. The second kappa shape index (κ2) is 19.8. The quantitative estimate of drug-likeness (QED) is 0.0581. The highest BCUT2D eigenvalue weighted by molar-refractivity contribution is 7.89. The highest BCUT2D eigenvalue weighted by atomic mass is 32.2. The number of halogens is 1. The highest BCUT2D eigenvalue weighted by Crippen LogP contribution is 2.28. The van der Waals surface area contributed by atoms with Gasteiger partial charge in [0.05, 0.1) is 10.6 Å². The van der Waals surface area contributed by atoms with E-state index in [-0.39, 0.29) is 52.4 Å². The van der Waals surface area contributed by atoms with E-state index >= 15 is 0 Å². The number of H-pyrrole nitrogens is 1. The molecule has 3 heterocycles. The van der Waals surface area contributed by atoms with Gasteiger partial charge in [-0.15, -0.1) is 0 Å². The van der Waals surface area contributed by atoms with E-state index < -0.39 is 10.0 Å². The lowest BCUT2D eigenvalue weighted by molar-refractivity contribution is 0.0557. The predicted octanol–water partition coefficient (Wildman–Crippen LogP) is 6.14. The number of rotatable bonds is 14. The van der Waals surface area contributed by atoms with Crippen molar-refractivity contribution in [3.05, 3.63) is 118 Å². The minimum Gasteiger partial charge on any atom is -0.492 e. The fourth-order valence-corrected chi connectivity index (χ4v) is 8.19. The number of nitrogens with one attached hydrogen (secondary N) is 2. The van der Waals surface area contributed by atoms with Gasteiger partial charge in [-0.3, -0.25) is 9.56 Å². The molecule has 0 aliphatic carbocycles. The standard InChI is InChI=1S/C23H30FNO4S.C21H29N7O/c1-23(2,3)18-4-10-22(11-5-18)30(26,27)25(20-12-15-28-16-13-20)14-17-29-21-8-6-19(24)7-9-21;1-21(2,3)17-11-15-13-28(20(29)27-18(15)26-17)16-7-5-14(6-8-16)12-24-9-4-10-25-19(22)23/h4-11,20H,12-17H2,1-3H3;5-8,11,13,24H,4,9-10,12H2,1-3H3,(H4,22,23,25)(H,26,27,29). The van der Waals surface area contributed by atoms with Crippen LogP contribution in [0.15, 0.2) is 99.7 Å². The third-order valence-electron chi connectivity index (χ3n) is 9.98. The SMILES string of the molecule is CC(C)(C)c1cc2cn(-c3ccc(CNCCCN=C(N)N)cc3)c(=O)nc2[nH]1.CC(C)(C)c1ccc(S(=O)(=O)N(CCOc2ccc(F)cc2)C2CCOCC2)cc1. The smallest absolute Gasteiger partial charge is 0.354 e. The Balaban J connectivity index is 0.000000224. The number of aromatic amines is 1. The van der Waals surface area contributed by atoms with Crippen molar-refractivity contribution in [2.75, 3.05) is 39.5 Å². The molecule has 15 heteroatoms. The average molecular weight is 831 g/mol. The number of ether oxygens (including phenoxy) is 2. The monoisotopic (exact) mass is 830 g/mol. The number of hydrogen-bond donors (Lipinski definition) is 4. The van der Waals surface area contributed by atoms with E-state index in [1.807, 2.05) is 42.6 Å². The molecule has 6 N–H and O–H groups in total. The molecule has 3 aromatic carbocycles. The van der Waals surface area contributed by atoms with Gasteiger partial charge in [0.1, 0.15) is 23.8 Å². The van der Waals surface area contributed by atoms with Gasteiger partial charge in [-0.25, -0.2) is 17.6 Å². The van der Waals surface area contributed by atoms with E-state index in [0.717, 1.165) is 47.4 Å². The number of fused-ring (bicyclic) bond motifs is 1. The minimum atomic E-state index is -3.69. The third-order valence-corrected chi connectivity index (χ3v) is 12.0. The van der Waals surface area contributed by atoms with Gasteiger partial charge in [-0.05, 0) is 96.9 Å². The lowest BCUT2D eigenvalue weighted by Crippen LogP contribution is -2.45. The number of nitrogens with two attached hydrogens (primary N) is 2. The highest BCUT2D eigenvalue weighted by Gasteiger charge is 2.33. The molecule has 1 aliphatic rings. The van der Waals surface area contributed by atoms with Crippen LogP contribution in [0, 0.1) is 5.82 Å². The summed E-state index contributed by atoms with van der Waals surface area (Å²) in [5, 5.41) is 4.27. The van der Waals surface area contributed by atoms with E-state index in [1.54, 1.807) is 16.7 Å². The summed E-state index contributed by atoms with van der Waals surface area (Å²) in [6.45, 7) is 16.3. The Hall–Kier alpha value is -5.09. The van der Waals surface area contributed by atoms with Gasteiger partial charge in [0, 0.05) is 61.6 Å². The van der Waals surface area contributed by atoms with E-state index in [9.17, 15) is 17.6 Å². The lowest BCUT2D eigenvalue weighted by Gasteiger charge is -2.33. The summed E-state index contributed by atoms with van der Waals surface area (Å²) in [5.74, 6) is 0.292. The van der Waals surface area contributed by atoms with Crippen LogP contribution in [-0.4, -0.2) is 78.7 Å². The predicted molar refractivity (Wildman–Crippen MR) is 232 cm³/mol. The van der Waals surface area contributed by atoms with Crippen LogP contribution in [0.1, 0.15) is 77.6 Å². The van der Waals surface area contributed by atoms with Crippen LogP contribution in [0.3, 0.4) is 0 Å². The topological polar surface area (TPSA) is 183 Å². The largest absolute Gasteiger partial charge is 0.492 e. The molecule has 0 amide bonds. The number of aromatic nitrogens is 3. The summed E-state index contributed by atoms with van der Waals surface area (Å²) in [7, 11) is -3.69. The number of hydrogen-bond acceptors (Lipinski definition) is 8. The Bertz CT molecular complexity index is 2300. The molecule has 59 heavy (non-hydrogen) atoms. The zero-order chi connectivity index (χ0) is 42.8. The first kappa shape index (κ1) is 45.0. The van der Waals surface area contributed by atoms with Gasteiger partial charge in [-0.1, -0.05) is 65.8 Å². The van der Waals surface area contributed by atoms with Crippen molar-refractivity contribution < 1.29 is 22.3 Å². The maximum absolute atomic E-state index is 13.5. The zero-order valence-electron chi connectivity index (χ0n) is 35.0. The summed E-state index contributed by atoms with van der Waals surface area (Å²) in [4.78, 5) is 24.2. The van der Waals surface area contributed by atoms with Crippen molar-refractivity contribution in [3.8, 4) is 11.4 Å². The molecule has 1 saturated heterocycles. The van der Waals surface area contributed by atoms with Gasteiger partial charge in [0.2, 0.25) is 10.0 Å². The summed E-state index contributed by atoms with van der Waals surface area (Å²) in [6.07, 6.45) is 4.00. The Morgan fingerprint density at radius 3 is 2.25 bits per heavy atom. The second-order valence-electron chi connectivity index (χ2n) is 16.7. The van der Waals surface area contributed by atoms with Gasteiger partial charge < -0.3 is 31.2 Å². The van der Waals surface area contributed by atoms with Gasteiger partial charge >= 0.3 is 5.69 Å². The molecule has 13 nitrogen and oxygen atoms in total. The van der Waals surface area contributed by atoms with Crippen molar-refractivity contribution >= 4 is 27.0 Å². The molecular weight excluding hydrogens is 772 g/mol. The number of benzene rings is 3. The van der Waals surface area contributed by atoms with Crippen molar-refractivity contribution in [1.29, 1.82) is 0 Å². The van der Waals surface area contributed by atoms with E-state index in [1.165, 1.54) is 28.6 Å². The van der Waals surface area contributed by atoms with Crippen LogP contribution in [0.4, 0.5) is 4.39 Å². The molecule has 1 aliphatic heterocycles. The van der Waals surface area contributed by atoms with Crippen LogP contribution >= 0.6 is 0 Å². The maximum Gasteiger partial charge on any atom is 0.354 e. The van der Waals surface area contributed by atoms with E-state index in [2.05, 4.69) is 67.9 Å². The normalized spacial score (nSPS) is 13.9. The maximum atomic E-state index is 13.5. The van der Waals surface area contributed by atoms with Crippen LogP contribution in [0.2, 0.25) is 0 Å². The Labute approximate surface area is 347 Å². The van der Waals surface area contributed by atoms with Crippen LogP contribution in [-0.2, 0) is 32.1 Å². The number of sulfonamides is 1. The fourth-order valence-electron chi connectivity index (χ4n) is 6.52. The zero-order valence-corrected chi connectivity index (χ0v) is 35.8. The first-order valence-electron chi connectivity index (χ1n) is 20.0. The van der Waals surface area contributed by atoms with Crippen molar-refractivity contribution in [2.45, 2.75) is 89.1 Å². The van der Waals surface area contributed by atoms with E-state index in [4.69, 9.17) is 20.9 Å². The summed E-state index contributed by atoms with van der Waals surface area (Å²) in [6, 6.07) is 22.6. The minimum absolute atomic E-state index is 0.0352. The Morgan fingerprint density at radius 2 is 1.64 bits per heavy atom. The summed E-state index contributed by atoms with van der Waals surface area (Å²) in [5.41, 5.74) is 14.9. The molecule has 2 aromatic heterocycles. The van der Waals surface area contributed by atoms with Crippen LogP contribution in [0.5, 0.6) is 5.75 Å². The van der Waals surface area contributed by atoms with Gasteiger partial charge in [-0.2, -0.15) is 9.29 Å². The molecule has 0 saturated carbocycles. The first-order valence-corrected chi connectivity index (χ1v) is 21.4. The molecule has 5 aromatic rings. The van der Waals surface area contributed by atoms with Gasteiger partial charge in [0.15, 0.2) is 5.96 Å². The molecule has 0 unspecified atom stereocenters. The number of nitrogens with zero attached hydrogens (tertiary/aromatic N) is 4. The summed E-state index contributed by atoms with van der Waals surface area (Å²) < 4.78 is 54.2. The third kappa shape index (κ3) is 12.7. The molecule has 1 fully saturated rings. The Kier molecular flexibility index (Phi) is 15.1. The van der Waals surface area contributed by atoms with E-state index in [0.29, 0.717) is 44.0 Å². The molecular formula is C44H59FN8O5S. The van der Waals surface area contributed by atoms with Crippen LogP contribution < -0.4 is 27.2 Å². The van der Waals surface area contributed by atoms with Crippen molar-refractivity contribution in [1.82, 2.24) is 24.2 Å². The molecule has 6 rings (SSSR count). The van der Waals surface area contributed by atoms with Crippen LogP contribution in [0.25, 0.3) is 16.7 Å². The molecule has 0 atom stereocenters. The Morgan fingerprint density at radius 1 is 0.983 bits per heavy atom. The number of guanidine groups is 1. The summed E-state index contributed by atoms with van der Waals surface area (Å²) >= 11 is 0. The average Bonchev–Trinajstić information content (AvgIpc) is 3.62. The molecule has 318 valence electrons. The fraction of sp³-hybridized carbons (Fsp3) is 0.432. The molecule has 0 radical (unpaired) electrons. The second-order valence-corrected chi connectivity index (χ2v) is 18.6. The lowest BCUT2D eigenvalue weighted by atomic mass is 9.87. The number of aliphatic imine (C=N–C) groups is 1. The van der Waals surface area contributed by atoms with Crippen molar-refractivity contribution in [3.63, 3.8) is 0 Å². The first-order chi connectivity index (χ1) is 27.9. The molecule has 0 bridgehead atoms.